The van der Waals surface area contributed by atoms with E-state index < -0.39 is 0 Å². The lowest BCUT2D eigenvalue weighted by atomic mass is 10.2. The van der Waals surface area contributed by atoms with Crippen LogP contribution in [0.15, 0.2) is 29.4 Å². The average molecular weight is 506 g/mol. The van der Waals surface area contributed by atoms with Crippen molar-refractivity contribution in [3.8, 4) is 11.5 Å². The van der Waals surface area contributed by atoms with Crippen molar-refractivity contribution >= 4 is 41.5 Å². The van der Waals surface area contributed by atoms with Crippen LogP contribution in [0.3, 0.4) is 0 Å². The molecular formula is C18H25ClIN5O2. The van der Waals surface area contributed by atoms with E-state index in [-0.39, 0.29) is 24.0 Å². The minimum atomic E-state index is 0. The van der Waals surface area contributed by atoms with Crippen molar-refractivity contribution in [1.29, 1.82) is 0 Å². The van der Waals surface area contributed by atoms with Crippen LogP contribution in [0.2, 0.25) is 5.02 Å². The van der Waals surface area contributed by atoms with Gasteiger partial charge in [0, 0.05) is 26.2 Å². The van der Waals surface area contributed by atoms with Crippen molar-refractivity contribution in [3.63, 3.8) is 0 Å². The molecule has 1 aliphatic rings. The molecule has 148 valence electrons. The predicted molar refractivity (Wildman–Crippen MR) is 117 cm³/mol. The van der Waals surface area contributed by atoms with Crippen molar-refractivity contribution in [2.75, 3.05) is 19.8 Å². The molecule has 0 aliphatic carbocycles. The molecule has 2 aromatic rings. The van der Waals surface area contributed by atoms with E-state index in [0.717, 1.165) is 30.2 Å². The Kier molecular flexibility index (Phi) is 8.49. The molecule has 9 heteroatoms. The molecule has 1 aromatic heterocycles. The Morgan fingerprint density at radius 1 is 1.30 bits per heavy atom. The Hall–Kier alpha value is -1.68. The maximum atomic E-state index is 6.35. The molecule has 2 heterocycles. The Morgan fingerprint density at radius 2 is 2.11 bits per heavy atom. The molecule has 0 atom stereocenters. The topological polar surface area (TPSA) is 72.7 Å². The molecule has 1 aromatic carbocycles. The molecule has 0 amide bonds. The van der Waals surface area contributed by atoms with E-state index in [1.807, 2.05) is 36.9 Å². The number of ether oxygens (including phenoxy) is 2. The monoisotopic (exact) mass is 505 g/mol. The standard InChI is InChI=1S/C18H24ClN5O2.HI/c1-3-20-18(22-12-14-5-6-23-24(14)2)21-11-13-9-15(19)17-16(10-13)25-7-4-8-26-17;/h5-6,9-10H,3-4,7-8,11-12H2,1-2H3,(H2,20,21,22);1H. The summed E-state index contributed by atoms with van der Waals surface area (Å²) in [5.74, 6) is 2.04. The van der Waals surface area contributed by atoms with Crippen molar-refractivity contribution in [2.45, 2.75) is 26.4 Å². The summed E-state index contributed by atoms with van der Waals surface area (Å²) in [5.41, 5.74) is 2.05. The van der Waals surface area contributed by atoms with Crippen LogP contribution < -0.4 is 20.1 Å². The Bertz CT molecular complexity index is 781. The second-order valence-corrected chi connectivity index (χ2v) is 6.36. The van der Waals surface area contributed by atoms with Gasteiger partial charge in [0.15, 0.2) is 17.5 Å². The van der Waals surface area contributed by atoms with Gasteiger partial charge < -0.3 is 20.1 Å². The largest absolute Gasteiger partial charge is 0.489 e. The van der Waals surface area contributed by atoms with Crippen molar-refractivity contribution in [2.24, 2.45) is 12.0 Å². The third-order valence-electron chi connectivity index (χ3n) is 3.99. The first-order chi connectivity index (χ1) is 12.7. The number of rotatable bonds is 5. The minimum Gasteiger partial charge on any atom is -0.489 e. The zero-order chi connectivity index (χ0) is 18.4. The molecule has 0 saturated heterocycles. The lowest BCUT2D eigenvalue weighted by Gasteiger charge is -2.13. The minimum absolute atomic E-state index is 0. The Balaban J connectivity index is 0.00000261. The first kappa shape index (κ1) is 21.6. The number of guanidine groups is 1. The number of aliphatic imine (C=N–C) groups is 1. The van der Waals surface area contributed by atoms with E-state index in [9.17, 15) is 0 Å². The highest BCUT2D eigenvalue weighted by Gasteiger charge is 2.15. The van der Waals surface area contributed by atoms with E-state index in [4.69, 9.17) is 21.1 Å². The lowest BCUT2D eigenvalue weighted by Crippen LogP contribution is -2.37. The molecular weight excluding hydrogens is 481 g/mol. The van der Waals surface area contributed by atoms with Crippen LogP contribution in [0.25, 0.3) is 0 Å². The second kappa shape index (κ2) is 10.6. The number of aromatic nitrogens is 2. The molecule has 0 saturated carbocycles. The summed E-state index contributed by atoms with van der Waals surface area (Å²) in [7, 11) is 1.92. The number of nitrogens with zero attached hydrogens (tertiary/aromatic N) is 3. The van der Waals surface area contributed by atoms with Gasteiger partial charge in [-0.05, 0) is 30.7 Å². The third kappa shape index (κ3) is 5.90. The molecule has 1 aliphatic heterocycles. The summed E-state index contributed by atoms with van der Waals surface area (Å²) >= 11 is 6.35. The fourth-order valence-electron chi connectivity index (χ4n) is 2.64. The van der Waals surface area contributed by atoms with Crippen molar-refractivity contribution < 1.29 is 9.47 Å². The first-order valence-electron chi connectivity index (χ1n) is 8.74. The first-order valence-corrected chi connectivity index (χ1v) is 9.12. The van der Waals surface area contributed by atoms with Gasteiger partial charge in [0.05, 0.1) is 37.0 Å². The van der Waals surface area contributed by atoms with Gasteiger partial charge in [-0.3, -0.25) is 4.68 Å². The van der Waals surface area contributed by atoms with Gasteiger partial charge in [-0.25, -0.2) is 4.99 Å². The number of hydrogen-bond acceptors (Lipinski definition) is 4. The van der Waals surface area contributed by atoms with Crippen LogP contribution in [0.1, 0.15) is 24.6 Å². The highest BCUT2D eigenvalue weighted by molar-refractivity contribution is 14.0. The van der Waals surface area contributed by atoms with E-state index in [0.29, 0.717) is 42.8 Å². The number of nitrogens with one attached hydrogen (secondary N) is 2. The van der Waals surface area contributed by atoms with Crippen LogP contribution >= 0.6 is 35.6 Å². The quantitative estimate of drug-likeness (QED) is 0.371. The second-order valence-electron chi connectivity index (χ2n) is 5.95. The van der Waals surface area contributed by atoms with E-state index in [1.54, 1.807) is 6.20 Å². The molecule has 0 fully saturated rings. The predicted octanol–water partition coefficient (Wildman–Crippen LogP) is 3.11. The summed E-state index contributed by atoms with van der Waals surface area (Å²) in [5, 5.41) is 11.3. The maximum absolute atomic E-state index is 6.35. The Labute approximate surface area is 181 Å². The van der Waals surface area contributed by atoms with Crippen LogP contribution in [0, 0.1) is 0 Å². The van der Waals surface area contributed by atoms with Gasteiger partial charge in [0.2, 0.25) is 0 Å². The van der Waals surface area contributed by atoms with Crippen molar-refractivity contribution in [1.82, 2.24) is 20.4 Å². The SMILES string of the molecule is CCNC(=NCc1cc(Cl)c2c(c1)OCCCO2)NCc1ccnn1C.I. The zero-order valence-corrected chi connectivity index (χ0v) is 18.6. The number of benzene rings is 1. The smallest absolute Gasteiger partial charge is 0.191 e. The summed E-state index contributed by atoms with van der Waals surface area (Å²) in [6.07, 6.45) is 2.63. The molecule has 0 spiro atoms. The number of aryl methyl sites for hydroxylation is 1. The van der Waals surface area contributed by atoms with E-state index in [2.05, 4.69) is 20.7 Å². The van der Waals surface area contributed by atoms with Gasteiger partial charge in [-0.2, -0.15) is 5.10 Å². The van der Waals surface area contributed by atoms with Crippen LogP contribution in [-0.4, -0.2) is 35.5 Å². The summed E-state index contributed by atoms with van der Waals surface area (Å²) < 4.78 is 13.2. The summed E-state index contributed by atoms with van der Waals surface area (Å²) in [4.78, 5) is 4.64. The molecule has 0 unspecified atom stereocenters. The fraction of sp³-hybridized carbons (Fsp3) is 0.444. The third-order valence-corrected chi connectivity index (χ3v) is 4.27. The van der Waals surface area contributed by atoms with Crippen LogP contribution in [0.5, 0.6) is 11.5 Å². The number of hydrogen-bond donors (Lipinski definition) is 2. The van der Waals surface area contributed by atoms with Gasteiger partial charge in [-0.15, -0.1) is 24.0 Å². The van der Waals surface area contributed by atoms with E-state index >= 15 is 0 Å². The van der Waals surface area contributed by atoms with Gasteiger partial charge in [0.25, 0.3) is 0 Å². The molecule has 7 nitrogen and oxygen atoms in total. The highest BCUT2D eigenvalue weighted by atomic mass is 127. The van der Waals surface area contributed by atoms with Crippen LogP contribution in [-0.2, 0) is 20.1 Å². The summed E-state index contributed by atoms with van der Waals surface area (Å²) in [6, 6.07) is 5.80. The van der Waals surface area contributed by atoms with Crippen molar-refractivity contribution in [3.05, 3.63) is 40.7 Å². The molecule has 27 heavy (non-hydrogen) atoms. The molecule has 2 N–H and O–H groups in total. The Morgan fingerprint density at radius 3 is 2.85 bits per heavy atom. The normalized spacial score (nSPS) is 13.5. The number of fused-ring (bicyclic) bond motifs is 1. The van der Waals surface area contributed by atoms with Gasteiger partial charge in [-0.1, -0.05) is 11.6 Å². The average Bonchev–Trinajstić information content (AvgIpc) is 2.89. The highest BCUT2D eigenvalue weighted by Crippen LogP contribution is 2.38. The molecule has 0 bridgehead atoms. The molecule has 0 radical (unpaired) electrons. The fourth-order valence-corrected chi connectivity index (χ4v) is 2.92. The van der Waals surface area contributed by atoms with Gasteiger partial charge >= 0.3 is 0 Å². The summed E-state index contributed by atoms with van der Waals surface area (Å²) in [6.45, 7) is 5.18. The van der Waals surface area contributed by atoms with Crippen LogP contribution in [0.4, 0.5) is 0 Å². The lowest BCUT2D eigenvalue weighted by molar-refractivity contribution is 0.297. The zero-order valence-electron chi connectivity index (χ0n) is 15.5. The molecule has 3 rings (SSSR count). The maximum Gasteiger partial charge on any atom is 0.191 e. The number of halogens is 2. The van der Waals surface area contributed by atoms with Gasteiger partial charge in [0.1, 0.15) is 0 Å². The van der Waals surface area contributed by atoms with E-state index in [1.165, 1.54) is 0 Å².